The van der Waals surface area contributed by atoms with Crippen molar-refractivity contribution >= 4 is 5.91 Å². The Labute approximate surface area is 138 Å². The van der Waals surface area contributed by atoms with Gasteiger partial charge >= 0.3 is 6.36 Å². The van der Waals surface area contributed by atoms with Crippen LogP contribution >= 0.6 is 0 Å². The molecule has 2 rings (SSSR count). The Balaban J connectivity index is 2.10. The summed E-state index contributed by atoms with van der Waals surface area (Å²) in [7, 11) is 0. The molecule has 134 valence electrons. The zero-order valence-corrected chi connectivity index (χ0v) is 13.3. The van der Waals surface area contributed by atoms with Crippen LogP contribution in [0.2, 0.25) is 0 Å². The number of carbonyl (C=O) groups excluding carboxylic acids is 1. The van der Waals surface area contributed by atoms with E-state index in [4.69, 9.17) is 5.73 Å². The van der Waals surface area contributed by atoms with Crippen LogP contribution in [-0.4, -0.2) is 41.4 Å². The van der Waals surface area contributed by atoms with Gasteiger partial charge in [0.1, 0.15) is 5.75 Å². The number of alkyl halides is 3. The number of halogens is 3. The van der Waals surface area contributed by atoms with E-state index in [-0.39, 0.29) is 5.75 Å². The van der Waals surface area contributed by atoms with Gasteiger partial charge in [0.25, 0.3) is 0 Å². The number of hydrogen-bond donors (Lipinski definition) is 2. The van der Waals surface area contributed by atoms with Gasteiger partial charge in [-0.2, -0.15) is 0 Å². The molecule has 0 saturated carbocycles. The SMILES string of the molecule is CCC(C(N)=O)N1CCC(O)(c2cccc(OC(F)(F)F)c2)CC1. The lowest BCUT2D eigenvalue weighted by molar-refractivity contribution is -0.274. The third kappa shape index (κ3) is 4.39. The molecule has 1 saturated heterocycles. The molecule has 1 aliphatic heterocycles. The molecule has 1 amide bonds. The lowest BCUT2D eigenvalue weighted by atomic mass is 9.84. The number of piperidine rings is 1. The first-order valence-corrected chi connectivity index (χ1v) is 7.76. The van der Waals surface area contributed by atoms with Crippen LogP contribution in [-0.2, 0) is 10.4 Å². The highest BCUT2D eigenvalue weighted by atomic mass is 19.4. The van der Waals surface area contributed by atoms with E-state index < -0.39 is 23.9 Å². The largest absolute Gasteiger partial charge is 0.573 e. The van der Waals surface area contributed by atoms with Crippen LogP contribution in [0.15, 0.2) is 24.3 Å². The number of nitrogens with zero attached hydrogens (tertiary/aromatic N) is 1. The van der Waals surface area contributed by atoms with E-state index in [1.165, 1.54) is 18.2 Å². The van der Waals surface area contributed by atoms with E-state index in [0.29, 0.717) is 37.9 Å². The van der Waals surface area contributed by atoms with E-state index in [1.807, 2.05) is 11.8 Å². The number of carbonyl (C=O) groups is 1. The number of hydrogen-bond acceptors (Lipinski definition) is 4. The van der Waals surface area contributed by atoms with E-state index in [1.54, 1.807) is 6.07 Å². The molecule has 1 atom stereocenters. The van der Waals surface area contributed by atoms with Crippen LogP contribution in [0, 0.1) is 0 Å². The second-order valence-electron chi connectivity index (χ2n) is 5.97. The topological polar surface area (TPSA) is 75.8 Å². The Morgan fingerprint density at radius 2 is 2.04 bits per heavy atom. The monoisotopic (exact) mass is 346 g/mol. The molecule has 0 radical (unpaired) electrons. The lowest BCUT2D eigenvalue weighted by Crippen LogP contribution is -2.51. The van der Waals surface area contributed by atoms with Crippen molar-refractivity contribution in [2.45, 2.75) is 44.2 Å². The van der Waals surface area contributed by atoms with Gasteiger partial charge in [-0.15, -0.1) is 13.2 Å². The number of primary amides is 1. The summed E-state index contributed by atoms with van der Waals surface area (Å²) in [4.78, 5) is 13.3. The molecular formula is C16H21F3N2O3. The normalized spacial score (nSPS) is 19.7. The van der Waals surface area contributed by atoms with Gasteiger partial charge in [0.15, 0.2) is 0 Å². The number of likely N-dealkylation sites (tertiary alicyclic amines) is 1. The zero-order valence-electron chi connectivity index (χ0n) is 13.3. The van der Waals surface area contributed by atoms with Crippen LogP contribution < -0.4 is 10.5 Å². The first kappa shape index (κ1) is 18.5. The van der Waals surface area contributed by atoms with Crippen molar-refractivity contribution in [2.24, 2.45) is 5.73 Å². The highest BCUT2D eigenvalue weighted by Crippen LogP contribution is 2.36. The van der Waals surface area contributed by atoms with Gasteiger partial charge in [-0.3, -0.25) is 9.69 Å². The van der Waals surface area contributed by atoms with Gasteiger partial charge in [0.05, 0.1) is 11.6 Å². The number of benzene rings is 1. The zero-order chi connectivity index (χ0) is 18.0. The highest BCUT2D eigenvalue weighted by molar-refractivity contribution is 5.79. The second kappa shape index (κ2) is 6.98. The first-order valence-electron chi connectivity index (χ1n) is 7.76. The number of rotatable bonds is 5. The smallest absolute Gasteiger partial charge is 0.406 e. The number of ether oxygens (including phenoxy) is 1. The number of aliphatic hydroxyl groups is 1. The van der Waals surface area contributed by atoms with Gasteiger partial charge in [-0.25, -0.2) is 0 Å². The maximum Gasteiger partial charge on any atom is 0.573 e. The van der Waals surface area contributed by atoms with Crippen molar-refractivity contribution in [3.05, 3.63) is 29.8 Å². The maximum atomic E-state index is 12.3. The molecule has 1 fully saturated rings. The van der Waals surface area contributed by atoms with Crippen LogP contribution in [0.1, 0.15) is 31.7 Å². The van der Waals surface area contributed by atoms with E-state index in [9.17, 15) is 23.1 Å². The molecule has 8 heteroatoms. The van der Waals surface area contributed by atoms with Gasteiger partial charge in [0, 0.05) is 13.1 Å². The van der Waals surface area contributed by atoms with Crippen molar-refractivity contribution < 1.29 is 27.8 Å². The van der Waals surface area contributed by atoms with Crippen LogP contribution in [0.25, 0.3) is 0 Å². The molecule has 0 aliphatic carbocycles. The molecule has 3 N–H and O–H groups in total. The Morgan fingerprint density at radius 1 is 1.42 bits per heavy atom. The van der Waals surface area contributed by atoms with Crippen LogP contribution in [0.5, 0.6) is 5.75 Å². The van der Waals surface area contributed by atoms with E-state index in [2.05, 4.69) is 4.74 Å². The lowest BCUT2D eigenvalue weighted by Gasteiger charge is -2.41. The summed E-state index contributed by atoms with van der Waals surface area (Å²) in [5.74, 6) is -0.775. The van der Waals surface area contributed by atoms with Gasteiger partial charge in [0.2, 0.25) is 5.91 Å². The summed E-state index contributed by atoms with van der Waals surface area (Å²) < 4.78 is 40.9. The summed E-state index contributed by atoms with van der Waals surface area (Å²) in [6.45, 7) is 2.72. The minimum absolute atomic E-state index is 0.298. The van der Waals surface area contributed by atoms with Crippen molar-refractivity contribution in [1.82, 2.24) is 4.90 Å². The molecule has 0 spiro atoms. The highest BCUT2D eigenvalue weighted by Gasteiger charge is 2.38. The minimum atomic E-state index is -4.78. The Morgan fingerprint density at radius 3 is 2.54 bits per heavy atom. The van der Waals surface area contributed by atoms with Gasteiger partial charge < -0.3 is 15.6 Å². The second-order valence-corrected chi connectivity index (χ2v) is 5.97. The fourth-order valence-electron chi connectivity index (χ4n) is 3.12. The molecule has 1 heterocycles. The number of amides is 1. The van der Waals surface area contributed by atoms with Gasteiger partial charge in [-0.1, -0.05) is 19.1 Å². The molecule has 1 aliphatic rings. The van der Waals surface area contributed by atoms with Crippen molar-refractivity contribution in [2.75, 3.05) is 13.1 Å². The molecule has 24 heavy (non-hydrogen) atoms. The minimum Gasteiger partial charge on any atom is -0.406 e. The van der Waals surface area contributed by atoms with E-state index in [0.717, 1.165) is 0 Å². The summed E-state index contributed by atoms with van der Waals surface area (Å²) in [6.07, 6.45) is -3.61. The van der Waals surface area contributed by atoms with Crippen molar-refractivity contribution in [1.29, 1.82) is 0 Å². The maximum absolute atomic E-state index is 12.3. The van der Waals surface area contributed by atoms with Crippen LogP contribution in [0.4, 0.5) is 13.2 Å². The predicted molar refractivity (Wildman–Crippen MR) is 81.1 cm³/mol. The molecule has 0 bridgehead atoms. The molecule has 5 nitrogen and oxygen atoms in total. The number of nitrogens with two attached hydrogens (primary N) is 1. The Hall–Kier alpha value is -1.80. The van der Waals surface area contributed by atoms with Crippen LogP contribution in [0.3, 0.4) is 0 Å². The summed E-state index contributed by atoms with van der Waals surface area (Å²) >= 11 is 0. The molecule has 1 unspecified atom stereocenters. The predicted octanol–water partition coefficient (Wildman–Crippen LogP) is 2.13. The summed E-state index contributed by atoms with van der Waals surface area (Å²) in [5.41, 5.74) is 4.49. The summed E-state index contributed by atoms with van der Waals surface area (Å²) in [5, 5.41) is 10.8. The fraction of sp³-hybridized carbons (Fsp3) is 0.562. The molecule has 1 aromatic rings. The summed E-state index contributed by atoms with van der Waals surface area (Å²) in [6, 6.07) is 4.99. The quantitative estimate of drug-likeness (QED) is 0.856. The molecule has 1 aromatic carbocycles. The Kier molecular flexibility index (Phi) is 5.39. The van der Waals surface area contributed by atoms with Gasteiger partial charge in [-0.05, 0) is 37.0 Å². The molecule has 0 aromatic heterocycles. The van der Waals surface area contributed by atoms with Crippen molar-refractivity contribution in [3.63, 3.8) is 0 Å². The fourth-order valence-corrected chi connectivity index (χ4v) is 3.12. The Bertz CT molecular complexity index is 584. The third-order valence-electron chi connectivity index (χ3n) is 4.39. The van der Waals surface area contributed by atoms with E-state index >= 15 is 0 Å². The van der Waals surface area contributed by atoms with Crippen molar-refractivity contribution in [3.8, 4) is 5.75 Å². The standard InChI is InChI=1S/C16H21F3N2O3/c1-2-13(14(20)22)21-8-6-15(23,7-9-21)11-4-3-5-12(10-11)24-16(17,18)19/h3-5,10,13,23H,2,6-9H2,1H3,(H2,20,22). The third-order valence-corrected chi connectivity index (χ3v) is 4.39. The average Bonchev–Trinajstić information content (AvgIpc) is 2.48. The average molecular weight is 346 g/mol. The first-order chi connectivity index (χ1) is 11.1. The molecular weight excluding hydrogens is 325 g/mol.